The fourth-order valence-corrected chi connectivity index (χ4v) is 3.24. The molecule has 0 aromatic heterocycles. The lowest BCUT2D eigenvalue weighted by atomic mass is 9.82. The summed E-state index contributed by atoms with van der Waals surface area (Å²) in [5, 5.41) is 0. The van der Waals surface area contributed by atoms with Crippen LogP contribution in [0.15, 0.2) is 66.7 Å². The van der Waals surface area contributed by atoms with E-state index >= 15 is 0 Å². The van der Waals surface area contributed by atoms with Crippen molar-refractivity contribution in [3.8, 4) is 0 Å². The molecule has 0 heterocycles. The molecule has 0 bridgehead atoms. The number of esters is 1. The summed E-state index contributed by atoms with van der Waals surface area (Å²) in [5.74, 6) is -2.70. The molecular weight excluding hydrogens is 375 g/mol. The maximum Gasteiger partial charge on any atom is 0.339 e. The number of rotatable bonds is 4. The molecule has 0 radical (unpaired) electrons. The van der Waals surface area contributed by atoms with Crippen LogP contribution in [0.3, 0.4) is 0 Å². The first kappa shape index (κ1) is 18.4. The van der Waals surface area contributed by atoms with E-state index in [1.807, 2.05) is 0 Å². The van der Waals surface area contributed by atoms with Crippen LogP contribution in [0.2, 0.25) is 0 Å². The number of Topliss-reactive ketones (excluding diaryl/α,β-unsaturated/α-hetero) is 1. The minimum Gasteiger partial charge on any atom is -0.454 e. The van der Waals surface area contributed by atoms with Crippen molar-refractivity contribution in [3.05, 3.63) is 106 Å². The molecule has 3 aromatic carbocycles. The molecule has 1 aliphatic rings. The Morgan fingerprint density at radius 3 is 2.07 bits per heavy atom. The van der Waals surface area contributed by atoms with E-state index < -0.39 is 30.0 Å². The molecule has 0 spiro atoms. The highest BCUT2D eigenvalue weighted by molar-refractivity contribution is 6.30. The first-order valence-corrected chi connectivity index (χ1v) is 8.74. The largest absolute Gasteiger partial charge is 0.454 e. The average Bonchev–Trinajstić information content (AvgIpc) is 2.75. The van der Waals surface area contributed by atoms with Gasteiger partial charge in [-0.05, 0) is 30.3 Å². The number of carbonyl (C=O) groups excluding carboxylic acids is 4. The van der Waals surface area contributed by atoms with Crippen LogP contribution in [0.5, 0.6) is 0 Å². The van der Waals surface area contributed by atoms with Crippen LogP contribution >= 0.6 is 0 Å². The van der Waals surface area contributed by atoms with E-state index in [0.29, 0.717) is 0 Å². The third-order valence-corrected chi connectivity index (χ3v) is 4.67. The molecular formula is C23H13FO5. The molecule has 4 rings (SSSR count). The van der Waals surface area contributed by atoms with Crippen molar-refractivity contribution in [1.82, 2.24) is 0 Å². The Morgan fingerprint density at radius 1 is 0.759 bits per heavy atom. The summed E-state index contributed by atoms with van der Waals surface area (Å²) >= 11 is 0. The fraction of sp³-hybridized carbons (Fsp3) is 0.0435. The summed E-state index contributed by atoms with van der Waals surface area (Å²) in [6.45, 7) is -0.577. The molecule has 0 unspecified atom stereocenters. The molecule has 0 saturated carbocycles. The standard InChI is InChI=1S/C23H13FO5/c24-14-10-8-13(9-11-14)19(25)12-29-23(28)18-7-3-6-17-20(18)22(27)16-5-2-1-4-15(16)21(17)26/h1-11H,12H2. The Bertz CT molecular complexity index is 1180. The Labute approximate surface area is 164 Å². The van der Waals surface area contributed by atoms with E-state index in [-0.39, 0.29) is 39.2 Å². The van der Waals surface area contributed by atoms with Gasteiger partial charge in [0.05, 0.1) is 5.56 Å². The van der Waals surface area contributed by atoms with Crippen molar-refractivity contribution in [2.24, 2.45) is 0 Å². The zero-order valence-corrected chi connectivity index (χ0v) is 15.0. The van der Waals surface area contributed by atoms with Crippen molar-refractivity contribution in [1.29, 1.82) is 0 Å². The lowest BCUT2D eigenvalue weighted by molar-refractivity contribution is 0.0472. The van der Waals surface area contributed by atoms with Crippen molar-refractivity contribution < 1.29 is 28.3 Å². The van der Waals surface area contributed by atoms with E-state index in [9.17, 15) is 23.6 Å². The molecule has 5 nitrogen and oxygen atoms in total. The molecule has 0 aliphatic heterocycles. The van der Waals surface area contributed by atoms with E-state index in [1.54, 1.807) is 18.2 Å². The third kappa shape index (κ3) is 3.25. The number of benzene rings is 3. The molecule has 0 saturated heterocycles. The Balaban J connectivity index is 1.61. The van der Waals surface area contributed by atoms with Crippen molar-refractivity contribution in [2.45, 2.75) is 0 Å². The van der Waals surface area contributed by atoms with Crippen LogP contribution in [-0.2, 0) is 4.74 Å². The van der Waals surface area contributed by atoms with Crippen molar-refractivity contribution in [3.63, 3.8) is 0 Å². The molecule has 1 aliphatic carbocycles. The van der Waals surface area contributed by atoms with Gasteiger partial charge in [-0.1, -0.05) is 36.4 Å². The lowest BCUT2D eigenvalue weighted by Crippen LogP contribution is -2.25. The van der Waals surface area contributed by atoms with E-state index in [2.05, 4.69) is 0 Å². The van der Waals surface area contributed by atoms with Gasteiger partial charge in [0.2, 0.25) is 0 Å². The SMILES string of the molecule is O=C(COC(=O)c1cccc2c1C(=O)c1ccccc1C2=O)c1ccc(F)cc1. The molecule has 142 valence electrons. The van der Waals surface area contributed by atoms with Crippen molar-refractivity contribution >= 4 is 23.3 Å². The maximum absolute atomic E-state index is 13.0. The Hall–Kier alpha value is -3.93. The Morgan fingerprint density at radius 2 is 1.38 bits per heavy atom. The molecule has 0 amide bonds. The third-order valence-electron chi connectivity index (χ3n) is 4.67. The summed E-state index contributed by atoms with van der Waals surface area (Å²) < 4.78 is 18.0. The van der Waals surface area contributed by atoms with Gasteiger partial charge in [0, 0.05) is 27.8 Å². The topological polar surface area (TPSA) is 77.5 Å². The minimum absolute atomic E-state index is 0.0320. The van der Waals surface area contributed by atoms with Gasteiger partial charge in [-0.15, -0.1) is 0 Å². The van der Waals surface area contributed by atoms with Gasteiger partial charge >= 0.3 is 5.97 Å². The molecule has 29 heavy (non-hydrogen) atoms. The van der Waals surface area contributed by atoms with Gasteiger partial charge in [-0.2, -0.15) is 0 Å². The van der Waals surface area contributed by atoms with E-state index in [0.717, 1.165) is 12.1 Å². The summed E-state index contributed by atoms with van der Waals surface area (Å²) in [4.78, 5) is 50.3. The van der Waals surface area contributed by atoms with Crippen LogP contribution < -0.4 is 0 Å². The van der Waals surface area contributed by atoms with Crippen LogP contribution in [0.25, 0.3) is 0 Å². The second-order valence-electron chi connectivity index (χ2n) is 6.44. The molecule has 0 atom stereocenters. The highest BCUT2D eigenvalue weighted by Gasteiger charge is 2.33. The van der Waals surface area contributed by atoms with Gasteiger partial charge < -0.3 is 4.74 Å². The minimum atomic E-state index is -0.891. The first-order chi connectivity index (χ1) is 14.0. The van der Waals surface area contributed by atoms with Gasteiger partial charge in [0.25, 0.3) is 0 Å². The molecule has 0 N–H and O–H groups in total. The predicted octanol–water partition coefficient (Wildman–Crippen LogP) is 3.64. The molecule has 6 heteroatoms. The fourth-order valence-electron chi connectivity index (χ4n) is 3.24. The summed E-state index contributed by atoms with van der Waals surface area (Å²) in [6.07, 6.45) is 0. The van der Waals surface area contributed by atoms with E-state index in [1.165, 1.54) is 36.4 Å². The number of ketones is 3. The number of halogens is 1. The van der Waals surface area contributed by atoms with Gasteiger partial charge in [-0.25, -0.2) is 9.18 Å². The van der Waals surface area contributed by atoms with Crippen LogP contribution in [0.4, 0.5) is 4.39 Å². The second-order valence-corrected chi connectivity index (χ2v) is 6.44. The highest BCUT2D eigenvalue weighted by atomic mass is 19.1. The number of ether oxygens (including phenoxy) is 1. The number of hydrogen-bond acceptors (Lipinski definition) is 5. The second kappa shape index (κ2) is 7.24. The highest BCUT2D eigenvalue weighted by Crippen LogP contribution is 2.29. The monoisotopic (exact) mass is 388 g/mol. The normalized spacial score (nSPS) is 12.2. The average molecular weight is 388 g/mol. The zero-order chi connectivity index (χ0) is 20.5. The van der Waals surface area contributed by atoms with Gasteiger partial charge in [0.15, 0.2) is 24.0 Å². The van der Waals surface area contributed by atoms with Gasteiger partial charge in [-0.3, -0.25) is 14.4 Å². The number of fused-ring (bicyclic) bond motifs is 2. The number of hydrogen-bond donors (Lipinski definition) is 0. The smallest absolute Gasteiger partial charge is 0.339 e. The van der Waals surface area contributed by atoms with Gasteiger partial charge in [0.1, 0.15) is 5.82 Å². The van der Waals surface area contributed by atoms with Crippen LogP contribution in [0.1, 0.15) is 52.6 Å². The summed E-state index contributed by atoms with van der Waals surface area (Å²) in [7, 11) is 0. The first-order valence-electron chi connectivity index (χ1n) is 8.74. The maximum atomic E-state index is 13.0. The predicted molar refractivity (Wildman–Crippen MR) is 101 cm³/mol. The molecule has 0 fully saturated rings. The van der Waals surface area contributed by atoms with Crippen LogP contribution in [-0.4, -0.2) is 29.9 Å². The van der Waals surface area contributed by atoms with Crippen molar-refractivity contribution in [2.75, 3.05) is 6.61 Å². The Kier molecular flexibility index (Phi) is 4.60. The van der Waals surface area contributed by atoms with Crippen LogP contribution in [0, 0.1) is 5.82 Å². The summed E-state index contributed by atoms with van der Waals surface area (Å²) in [5.41, 5.74) is 0.690. The number of carbonyl (C=O) groups is 4. The lowest BCUT2D eigenvalue weighted by Gasteiger charge is -2.19. The quantitative estimate of drug-likeness (QED) is 0.394. The van der Waals surface area contributed by atoms with E-state index in [4.69, 9.17) is 4.74 Å². The zero-order valence-electron chi connectivity index (χ0n) is 15.0. The molecule has 3 aromatic rings. The summed E-state index contributed by atoms with van der Waals surface area (Å²) in [6, 6.07) is 15.6.